The van der Waals surface area contributed by atoms with Crippen LogP contribution in [0.2, 0.25) is 0 Å². The fourth-order valence-electron chi connectivity index (χ4n) is 1.52. The third-order valence-corrected chi connectivity index (χ3v) is 3.70. The third-order valence-electron chi connectivity index (χ3n) is 2.23. The quantitative estimate of drug-likeness (QED) is 0.585. The zero-order valence-electron chi connectivity index (χ0n) is 11.9. The highest BCUT2D eigenvalue weighted by molar-refractivity contribution is 7.56. The van der Waals surface area contributed by atoms with Gasteiger partial charge in [-0.1, -0.05) is 18.2 Å². The molecule has 1 unspecified atom stereocenters. The van der Waals surface area contributed by atoms with Gasteiger partial charge in [-0.15, -0.1) is 0 Å². The lowest BCUT2D eigenvalue weighted by Crippen LogP contribution is -2.31. The Bertz CT molecular complexity index is 465. The first-order chi connectivity index (χ1) is 9.43. The van der Waals surface area contributed by atoms with E-state index in [1.807, 2.05) is 6.07 Å². The fraction of sp³-hybridized carbons (Fsp3) is 0.462. The first-order valence-corrected chi connectivity index (χ1v) is 8.24. The van der Waals surface area contributed by atoms with E-state index in [4.69, 9.17) is 9.26 Å². The second-order valence-corrected chi connectivity index (χ2v) is 6.53. The summed E-state index contributed by atoms with van der Waals surface area (Å²) in [6.07, 6.45) is 0. The van der Waals surface area contributed by atoms with Crippen LogP contribution < -0.4 is 9.61 Å². The molecule has 0 heterocycles. The summed E-state index contributed by atoms with van der Waals surface area (Å²) in [5.74, 6) is 0.0606. The summed E-state index contributed by atoms with van der Waals surface area (Å²) in [6.45, 7) is 3.23. The zero-order chi connectivity index (χ0) is 15.0. The molecule has 112 valence electrons. The van der Waals surface area contributed by atoms with Gasteiger partial charge in [-0.25, -0.2) is 9.88 Å². The SMILES string of the molecule is COCC(=O)OC[C@H](C)NP(C)(=O)Oc1ccccc1. The molecular weight excluding hydrogens is 281 g/mol. The van der Waals surface area contributed by atoms with Crippen molar-refractivity contribution in [1.82, 2.24) is 5.09 Å². The second-order valence-electron chi connectivity index (χ2n) is 4.40. The molecule has 2 atom stereocenters. The first-order valence-electron chi connectivity index (χ1n) is 6.17. The first kappa shape index (κ1) is 16.7. The van der Waals surface area contributed by atoms with E-state index in [0.29, 0.717) is 5.75 Å². The molecule has 7 heteroatoms. The molecule has 0 amide bonds. The molecule has 0 aliphatic rings. The van der Waals surface area contributed by atoms with Crippen molar-refractivity contribution >= 4 is 13.5 Å². The average Bonchev–Trinajstić information content (AvgIpc) is 2.37. The summed E-state index contributed by atoms with van der Waals surface area (Å²) in [6, 6.07) is 8.59. The minimum Gasteiger partial charge on any atom is -0.462 e. The second kappa shape index (κ2) is 8.04. The van der Waals surface area contributed by atoms with Crippen molar-refractivity contribution in [1.29, 1.82) is 0 Å². The van der Waals surface area contributed by atoms with Gasteiger partial charge in [0.1, 0.15) is 19.0 Å². The molecule has 0 saturated carbocycles. The van der Waals surface area contributed by atoms with E-state index < -0.39 is 13.5 Å². The molecular formula is C13H20NO5P. The lowest BCUT2D eigenvalue weighted by atomic mass is 10.3. The molecule has 20 heavy (non-hydrogen) atoms. The molecule has 0 fully saturated rings. The predicted octanol–water partition coefficient (Wildman–Crippen LogP) is 2.06. The summed E-state index contributed by atoms with van der Waals surface area (Å²) in [5, 5.41) is 2.82. The molecule has 0 radical (unpaired) electrons. The number of hydrogen-bond donors (Lipinski definition) is 1. The largest absolute Gasteiger partial charge is 0.462 e. The number of hydrogen-bond acceptors (Lipinski definition) is 5. The van der Waals surface area contributed by atoms with E-state index in [9.17, 15) is 9.36 Å². The number of nitrogens with one attached hydrogen (secondary N) is 1. The molecule has 1 N–H and O–H groups in total. The molecule has 0 bridgehead atoms. The maximum Gasteiger partial charge on any atom is 0.332 e. The average molecular weight is 301 g/mol. The van der Waals surface area contributed by atoms with Gasteiger partial charge in [-0.2, -0.15) is 0 Å². The highest BCUT2D eigenvalue weighted by Crippen LogP contribution is 2.39. The molecule has 0 aliphatic heterocycles. The van der Waals surface area contributed by atoms with E-state index in [0.717, 1.165) is 0 Å². The minimum absolute atomic E-state index is 0.0954. The van der Waals surface area contributed by atoms with E-state index >= 15 is 0 Å². The number of rotatable bonds is 8. The van der Waals surface area contributed by atoms with Crippen molar-refractivity contribution < 1.29 is 23.4 Å². The summed E-state index contributed by atoms with van der Waals surface area (Å²) < 4.78 is 27.3. The van der Waals surface area contributed by atoms with Crippen molar-refractivity contribution in [3.05, 3.63) is 30.3 Å². The van der Waals surface area contributed by atoms with Crippen molar-refractivity contribution in [2.45, 2.75) is 13.0 Å². The zero-order valence-corrected chi connectivity index (χ0v) is 12.8. The van der Waals surface area contributed by atoms with Crippen LogP contribution >= 0.6 is 7.52 Å². The Kier molecular flexibility index (Phi) is 6.71. The number of carbonyl (C=O) groups excluding carboxylic acids is 1. The molecule has 0 aromatic heterocycles. The maximum atomic E-state index is 12.3. The van der Waals surface area contributed by atoms with E-state index in [-0.39, 0.29) is 19.3 Å². The number of benzene rings is 1. The summed E-state index contributed by atoms with van der Waals surface area (Å²) >= 11 is 0. The number of ether oxygens (including phenoxy) is 2. The Morgan fingerprint density at radius 1 is 1.35 bits per heavy atom. The van der Waals surface area contributed by atoms with Crippen molar-refractivity contribution in [2.75, 3.05) is 27.0 Å². The third kappa shape index (κ3) is 6.70. The number of carbonyl (C=O) groups is 1. The van der Waals surface area contributed by atoms with Gasteiger partial charge in [0.15, 0.2) is 0 Å². The molecule has 1 aromatic rings. The van der Waals surface area contributed by atoms with Gasteiger partial charge in [0.2, 0.25) is 0 Å². The van der Waals surface area contributed by atoms with Crippen LogP contribution in [-0.2, 0) is 18.8 Å². The standard InChI is InChI=1S/C13H20NO5P/c1-11(9-18-13(15)10-17-2)14-20(3,16)19-12-7-5-4-6-8-12/h4-8,11H,9-10H2,1-3H3,(H,14,16)/t11-,20?/m0/s1. The topological polar surface area (TPSA) is 73.9 Å². The fourth-order valence-corrected chi connectivity index (χ4v) is 2.98. The van der Waals surface area contributed by atoms with Gasteiger partial charge in [-0.3, -0.25) is 4.57 Å². The van der Waals surface area contributed by atoms with Gasteiger partial charge in [-0.05, 0) is 19.1 Å². The van der Waals surface area contributed by atoms with Crippen LogP contribution in [-0.4, -0.2) is 39.0 Å². The van der Waals surface area contributed by atoms with Crippen LogP contribution in [0.15, 0.2) is 30.3 Å². The summed E-state index contributed by atoms with van der Waals surface area (Å²) in [5.41, 5.74) is 0. The van der Waals surface area contributed by atoms with Crippen molar-refractivity contribution in [3.63, 3.8) is 0 Å². The van der Waals surface area contributed by atoms with Gasteiger partial charge in [0, 0.05) is 19.8 Å². The highest BCUT2D eigenvalue weighted by Gasteiger charge is 2.21. The smallest absolute Gasteiger partial charge is 0.332 e. The molecule has 0 aliphatic carbocycles. The Hall–Kier alpha value is -1.36. The lowest BCUT2D eigenvalue weighted by molar-refractivity contribution is -0.148. The molecule has 0 saturated heterocycles. The molecule has 1 aromatic carbocycles. The normalized spacial score (nSPS) is 15.2. The summed E-state index contributed by atoms with van der Waals surface area (Å²) in [4.78, 5) is 11.1. The molecule has 6 nitrogen and oxygen atoms in total. The monoisotopic (exact) mass is 301 g/mol. The van der Waals surface area contributed by atoms with Crippen molar-refractivity contribution in [2.24, 2.45) is 0 Å². The van der Waals surface area contributed by atoms with Gasteiger partial charge in [0.05, 0.1) is 0 Å². The number of methoxy groups -OCH3 is 1. The van der Waals surface area contributed by atoms with Crippen LogP contribution in [0.1, 0.15) is 6.92 Å². The Morgan fingerprint density at radius 2 is 2.00 bits per heavy atom. The molecule has 1 rings (SSSR count). The highest BCUT2D eigenvalue weighted by atomic mass is 31.2. The lowest BCUT2D eigenvalue weighted by Gasteiger charge is -2.21. The van der Waals surface area contributed by atoms with Crippen LogP contribution in [0, 0.1) is 0 Å². The van der Waals surface area contributed by atoms with Gasteiger partial charge in [0.25, 0.3) is 0 Å². The Labute approximate surface area is 118 Å². The van der Waals surface area contributed by atoms with Crippen LogP contribution in [0.4, 0.5) is 0 Å². The van der Waals surface area contributed by atoms with Gasteiger partial charge >= 0.3 is 13.5 Å². The van der Waals surface area contributed by atoms with Gasteiger partial charge < -0.3 is 14.0 Å². The van der Waals surface area contributed by atoms with Crippen molar-refractivity contribution in [3.8, 4) is 5.75 Å². The van der Waals surface area contributed by atoms with E-state index in [2.05, 4.69) is 9.82 Å². The maximum absolute atomic E-state index is 12.3. The number of esters is 1. The minimum atomic E-state index is -3.02. The van der Waals surface area contributed by atoms with E-state index in [1.165, 1.54) is 13.8 Å². The van der Waals surface area contributed by atoms with Crippen LogP contribution in [0.3, 0.4) is 0 Å². The Morgan fingerprint density at radius 3 is 2.60 bits per heavy atom. The van der Waals surface area contributed by atoms with Crippen LogP contribution in [0.25, 0.3) is 0 Å². The predicted molar refractivity (Wildman–Crippen MR) is 76.0 cm³/mol. The van der Waals surface area contributed by atoms with Crippen LogP contribution in [0.5, 0.6) is 5.75 Å². The Balaban J connectivity index is 2.41. The number of para-hydroxylation sites is 1. The summed E-state index contributed by atoms with van der Waals surface area (Å²) in [7, 11) is -1.60. The van der Waals surface area contributed by atoms with E-state index in [1.54, 1.807) is 31.2 Å². The molecule has 0 spiro atoms.